The first-order valence-corrected chi connectivity index (χ1v) is 4.03. The van der Waals surface area contributed by atoms with E-state index < -0.39 is 0 Å². The molecule has 0 aliphatic carbocycles. The molecule has 0 saturated carbocycles. The maximum Gasteiger partial charge on any atom is 0.0470 e. The van der Waals surface area contributed by atoms with E-state index in [9.17, 15) is 0 Å². The fraction of sp³-hybridized carbons (Fsp3) is 0.333. The van der Waals surface area contributed by atoms with Crippen molar-refractivity contribution in [2.75, 3.05) is 13.3 Å². The number of nitrogens with zero attached hydrogens (tertiary/aromatic N) is 1. The first-order valence-electron chi connectivity index (χ1n) is 4.03. The normalized spacial score (nSPS) is 10.6. The predicted octanol–water partition coefficient (Wildman–Crippen LogP) is 0.321. The second-order valence-electron chi connectivity index (χ2n) is 2.68. The minimum Gasteiger partial charge on any atom is -0.318 e. The smallest absolute Gasteiger partial charge is 0.0470 e. The fourth-order valence-electron chi connectivity index (χ4n) is 1.05. The quantitative estimate of drug-likeness (QED) is 0.632. The Bertz CT molecular complexity index is 206. The van der Waals surface area contributed by atoms with Gasteiger partial charge in [-0.15, -0.1) is 0 Å². The van der Waals surface area contributed by atoms with E-state index in [0.717, 1.165) is 6.54 Å². The summed E-state index contributed by atoms with van der Waals surface area (Å²) in [7, 11) is 0. The topological polar surface area (TPSA) is 55.3 Å². The molecule has 0 unspecified atom stereocenters. The van der Waals surface area contributed by atoms with Crippen LogP contribution in [0.2, 0.25) is 0 Å². The molecule has 0 spiro atoms. The van der Waals surface area contributed by atoms with Gasteiger partial charge in [0.2, 0.25) is 0 Å². The third-order valence-corrected chi connectivity index (χ3v) is 1.77. The summed E-state index contributed by atoms with van der Waals surface area (Å²) in [6.07, 6.45) is 0. The van der Waals surface area contributed by atoms with Gasteiger partial charge in [0, 0.05) is 19.9 Å². The van der Waals surface area contributed by atoms with E-state index in [4.69, 9.17) is 11.5 Å². The molecule has 3 heteroatoms. The molecular formula is C9H15N3. The van der Waals surface area contributed by atoms with Gasteiger partial charge in [-0.25, -0.2) is 0 Å². The molecule has 0 fully saturated rings. The van der Waals surface area contributed by atoms with Gasteiger partial charge in [0.05, 0.1) is 0 Å². The maximum atomic E-state index is 5.48. The lowest BCUT2D eigenvalue weighted by Gasteiger charge is -2.16. The van der Waals surface area contributed by atoms with Crippen LogP contribution in [0.15, 0.2) is 30.3 Å². The highest BCUT2D eigenvalue weighted by atomic mass is 15.2. The number of nitrogens with two attached hydrogens (primary N) is 2. The Hall–Kier alpha value is -0.900. The van der Waals surface area contributed by atoms with Crippen molar-refractivity contribution in [2.24, 2.45) is 11.5 Å². The van der Waals surface area contributed by atoms with E-state index in [-0.39, 0.29) is 0 Å². The predicted molar refractivity (Wildman–Crippen MR) is 50.1 cm³/mol. The van der Waals surface area contributed by atoms with Gasteiger partial charge in [0.15, 0.2) is 0 Å². The summed E-state index contributed by atoms with van der Waals surface area (Å²) in [5.74, 6) is 0. The van der Waals surface area contributed by atoms with Crippen molar-refractivity contribution in [3.8, 4) is 0 Å². The molecule has 0 bridgehead atoms. The van der Waals surface area contributed by atoms with Crippen molar-refractivity contribution in [1.29, 1.82) is 0 Å². The van der Waals surface area contributed by atoms with Crippen LogP contribution in [0.25, 0.3) is 0 Å². The van der Waals surface area contributed by atoms with Gasteiger partial charge in [-0.1, -0.05) is 30.3 Å². The molecule has 3 nitrogen and oxygen atoms in total. The second kappa shape index (κ2) is 4.87. The van der Waals surface area contributed by atoms with E-state index in [1.807, 2.05) is 23.1 Å². The van der Waals surface area contributed by atoms with Gasteiger partial charge in [0.1, 0.15) is 0 Å². The average molecular weight is 165 g/mol. The van der Waals surface area contributed by atoms with Crippen LogP contribution >= 0.6 is 0 Å². The van der Waals surface area contributed by atoms with Crippen LogP contribution in [0, 0.1) is 0 Å². The van der Waals surface area contributed by atoms with Gasteiger partial charge < -0.3 is 11.5 Å². The lowest BCUT2D eigenvalue weighted by atomic mass is 10.2. The molecule has 66 valence electrons. The minimum absolute atomic E-state index is 0.505. The summed E-state index contributed by atoms with van der Waals surface area (Å²) >= 11 is 0. The highest BCUT2D eigenvalue weighted by Crippen LogP contribution is 2.01. The van der Waals surface area contributed by atoms with Crippen molar-refractivity contribution < 1.29 is 0 Å². The molecule has 0 heterocycles. The van der Waals surface area contributed by atoms with Crippen LogP contribution in [0.4, 0.5) is 0 Å². The van der Waals surface area contributed by atoms with Crippen LogP contribution in [0.1, 0.15) is 5.56 Å². The van der Waals surface area contributed by atoms with Crippen LogP contribution < -0.4 is 11.5 Å². The Morgan fingerprint density at radius 3 is 2.08 bits per heavy atom. The van der Waals surface area contributed by atoms with E-state index in [1.165, 1.54) is 5.56 Å². The van der Waals surface area contributed by atoms with E-state index in [2.05, 4.69) is 12.1 Å². The number of hydrogen-bond donors (Lipinski definition) is 2. The average Bonchev–Trinajstić information content (AvgIpc) is 2.16. The third-order valence-electron chi connectivity index (χ3n) is 1.77. The first-order chi connectivity index (χ1) is 5.86. The summed E-state index contributed by atoms with van der Waals surface area (Å²) in [4.78, 5) is 1.97. The van der Waals surface area contributed by atoms with Crippen LogP contribution in [0.5, 0.6) is 0 Å². The summed E-state index contributed by atoms with van der Waals surface area (Å²) in [6.45, 7) is 1.84. The molecule has 1 aromatic rings. The van der Waals surface area contributed by atoms with Gasteiger partial charge in [-0.05, 0) is 5.56 Å². The van der Waals surface area contributed by atoms with Crippen molar-refractivity contribution in [3.05, 3.63) is 35.9 Å². The minimum atomic E-state index is 0.505. The molecule has 0 aliphatic heterocycles. The van der Waals surface area contributed by atoms with Crippen LogP contribution in [-0.2, 0) is 6.54 Å². The Labute approximate surface area is 73.0 Å². The fourth-order valence-corrected chi connectivity index (χ4v) is 1.05. The van der Waals surface area contributed by atoms with E-state index in [0.29, 0.717) is 13.3 Å². The maximum absolute atomic E-state index is 5.48. The molecule has 0 atom stereocenters. The molecule has 4 N–H and O–H groups in total. The molecule has 0 aromatic heterocycles. The summed E-state index contributed by atoms with van der Waals surface area (Å²) in [5.41, 5.74) is 12.2. The number of benzene rings is 1. The zero-order valence-electron chi connectivity index (χ0n) is 7.11. The Morgan fingerprint density at radius 2 is 1.58 bits per heavy atom. The van der Waals surface area contributed by atoms with E-state index >= 15 is 0 Å². The molecule has 0 saturated heterocycles. The lowest BCUT2D eigenvalue weighted by molar-refractivity contribution is 0.281. The summed E-state index contributed by atoms with van der Waals surface area (Å²) in [5, 5.41) is 0. The van der Waals surface area contributed by atoms with Crippen LogP contribution in [0.3, 0.4) is 0 Å². The molecular weight excluding hydrogens is 150 g/mol. The Balaban J connectivity index is 2.51. The second-order valence-corrected chi connectivity index (χ2v) is 2.68. The van der Waals surface area contributed by atoms with Crippen molar-refractivity contribution in [1.82, 2.24) is 4.90 Å². The van der Waals surface area contributed by atoms with Crippen LogP contribution in [-0.4, -0.2) is 18.2 Å². The Kier molecular flexibility index (Phi) is 3.73. The number of hydrogen-bond acceptors (Lipinski definition) is 3. The highest BCUT2D eigenvalue weighted by molar-refractivity contribution is 5.14. The van der Waals surface area contributed by atoms with Crippen molar-refractivity contribution in [2.45, 2.75) is 6.54 Å². The summed E-state index contributed by atoms with van der Waals surface area (Å²) < 4.78 is 0. The van der Waals surface area contributed by atoms with Crippen molar-refractivity contribution in [3.63, 3.8) is 0 Å². The molecule has 1 aromatic carbocycles. The van der Waals surface area contributed by atoms with E-state index in [1.54, 1.807) is 0 Å². The Morgan fingerprint density at radius 1 is 1.00 bits per heavy atom. The first kappa shape index (κ1) is 9.19. The monoisotopic (exact) mass is 165 g/mol. The molecule has 12 heavy (non-hydrogen) atoms. The molecule has 0 amide bonds. The molecule has 1 rings (SSSR count). The van der Waals surface area contributed by atoms with Gasteiger partial charge in [-0.2, -0.15) is 0 Å². The standard InChI is InChI=1S/C9H15N3/c10-7-12(8-11)6-9-4-2-1-3-5-9/h1-5H,6-8,10-11H2. The highest BCUT2D eigenvalue weighted by Gasteiger charge is 1.99. The zero-order chi connectivity index (χ0) is 8.81. The van der Waals surface area contributed by atoms with Gasteiger partial charge in [0.25, 0.3) is 0 Å². The summed E-state index contributed by atoms with van der Waals surface area (Å²) in [6, 6.07) is 10.2. The van der Waals surface area contributed by atoms with Gasteiger partial charge >= 0.3 is 0 Å². The zero-order valence-corrected chi connectivity index (χ0v) is 7.11. The lowest BCUT2D eigenvalue weighted by Crippen LogP contribution is -2.34. The SMILES string of the molecule is NCN(CN)Cc1ccccc1. The third kappa shape index (κ3) is 2.62. The molecule has 0 radical (unpaired) electrons. The van der Waals surface area contributed by atoms with Crippen molar-refractivity contribution >= 4 is 0 Å². The largest absolute Gasteiger partial charge is 0.318 e. The number of rotatable bonds is 4. The van der Waals surface area contributed by atoms with Gasteiger partial charge in [-0.3, -0.25) is 4.90 Å². The molecule has 0 aliphatic rings.